The zero-order chi connectivity index (χ0) is 17.1. The van der Waals surface area contributed by atoms with Gasteiger partial charge in [-0.3, -0.25) is 4.79 Å². The van der Waals surface area contributed by atoms with E-state index in [-0.39, 0.29) is 18.6 Å². The smallest absolute Gasteiger partial charge is 0.264 e. The summed E-state index contributed by atoms with van der Waals surface area (Å²) >= 11 is 1.61. The van der Waals surface area contributed by atoms with Gasteiger partial charge in [-0.25, -0.2) is 0 Å². The lowest BCUT2D eigenvalue weighted by Gasteiger charge is -2.26. The number of hydrogen-bond donors (Lipinski definition) is 1. The number of thiophene rings is 1. The number of carbonyl (C=O) groups excluding carboxylic acids is 1. The molecule has 3 rings (SSSR count). The second kappa shape index (κ2) is 7.36. The Kier molecular flexibility index (Phi) is 5.21. The Labute approximate surface area is 146 Å². The molecule has 1 aliphatic carbocycles. The molecule has 4 nitrogen and oxygen atoms in total. The number of hydrogen-bond acceptors (Lipinski definition) is 4. The summed E-state index contributed by atoms with van der Waals surface area (Å²) in [6, 6.07) is 9.16. The molecule has 2 aromatic rings. The minimum Gasteiger partial charge on any atom is -0.497 e. The Morgan fingerprint density at radius 3 is 2.62 bits per heavy atom. The maximum Gasteiger partial charge on any atom is 0.264 e. The number of nitrogens with zero attached hydrogens (tertiary/aromatic N) is 1. The second-order valence-electron chi connectivity index (χ2n) is 6.15. The van der Waals surface area contributed by atoms with Gasteiger partial charge < -0.3 is 14.7 Å². The fourth-order valence-electron chi connectivity index (χ4n) is 3.19. The molecule has 1 amide bonds. The molecule has 1 N–H and O–H groups in total. The van der Waals surface area contributed by atoms with Crippen LogP contribution in [-0.2, 0) is 12.8 Å². The van der Waals surface area contributed by atoms with Crippen LogP contribution in [0.15, 0.2) is 30.3 Å². The summed E-state index contributed by atoms with van der Waals surface area (Å²) in [5, 5.41) is 9.81. The number of fused-ring (bicyclic) bond motifs is 1. The van der Waals surface area contributed by atoms with Crippen LogP contribution < -0.4 is 4.74 Å². The van der Waals surface area contributed by atoms with Crippen LogP contribution in [0.4, 0.5) is 0 Å². The summed E-state index contributed by atoms with van der Waals surface area (Å²) in [4.78, 5) is 16.6. The summed E-state index contributed by atoms with van der Waals surface area (Å²) in [6.07, 6.45) is 4.57. The number of methoxy groups -OCH3 is 1. The Bertz CT molecular complexity index is 684. The van der Waals surface area contributed by atoms with Crippen LogP contribution in [0, 0.1) is 0 Å². The number of carbonyl (C=O) groups is 1. The Hall–Kier alpha value is -1.85. The molecule has 1 aliphatic rings. The first kappa shape index (κ1) is 17.0. The van der Waals surface area contributed by atoms with Crippen LogP contribution in [0.5, 0.6) is 5.75 Å². The quantitative estimate of drug-likeness (QED) is 0.903. The van der Waals surface area contributed by atoms with Crippen LogP contribution in [0.2, 0.25) is 0 Å². The average Bonchev–Trinajstić information content (AvgIpc) is 3.06. The van der Waals surface area contributed by atoms with Gasteiger partial charge in [0.05, 0.1) is 24.6 Å². The van der Waals surface area contributed by atoms with Crippen molar-refractivity contribution in [1.82, 2.24) is 4.90 Å². The molecule has 0 bridgehead atoms. The third kappa shape index (κ3) is 3.32. The summed E-state index contributed by atoms with van der Waals surface area (Å²) in [6.45, 7) is -0.111. The van der Waals surface area contributed by atoms with Gasteiger partial charge in [-0.1, -0.05) is 12.1 Å². The van der Waals surface area contributed by atoms with Gasteiger partial charge in [-0.15, -0.1) is 11.3 Å². The first-order valence-corrected chi connectivity index (χ1v) is 9.09. The minimum atomic E-state index is -0.359. The second-order valence-corrected chi connectivity index (χ2v) is 7.29. The number of ether oxygens (including phenoxy) is 1. The summed E-state index contributed by atoms with van der Waals surface area (Å²) < 4.78 is 5.16. The highest BCUT2D eigenvalue weighted by atomic mass is 32.1. The number of aliphatic hydroxyl groups excluding tert-OH is 1. The lowest BCUT2D eigenvalue weighted by molar-refractivity contribution is 0.0663. The van der Waals surface area contributed by atoms with Gasteiger partial charge in [0.2, 0.25) is 0 Å². The molecular formula is C19H23NO3S. The maximum absolute atomic E-state index is 12.9. The summed E-state index contributed by atoms with van der Waals surface area (Å²) in [5.41, 5.74) is 2.23. The lowest BCUT2D eigenvalue weighted by Crippen LogP contribution is -2.32. The predicted molar refractivity (Wildman–Crippen MR) is 95.9 cm³/mol. The standard InChI is InChI=1S/C19H23NO3S/c1-20(16(12-21)13-7-9-15(23-2)10-8-13)19(22)18-11-14-5-3-4-6-17(14)24-18/h7-11,16,21H,3-6,12H2,1-2H3. The fraction of sp³-hybridized carbons (Fsp3) is 0.421. The molecule has 0 aliphatic heterocycles. The van der Waals surface area contributed by atoms with Crippen molar-refractivity contribution in [3.8, 4) is 5.75 Å². The van der Waals surface area contributed by atoms with E-state index < -0.39 is 0 Å². The first-order chi connectivity index (χ1) is 11.6. The highest BCUT2D eigenvalue weighted by Gasteiger charge is 2.25. The largest absolute Gasteiger partial charge is 0.497 e. The molecule has 1 aromatic carbocycles. The molecule has 1 unspecified atom stereocenters. The molecule has 128 valence electrons. The van der Waals surface area contributed by atoms with Gasteiger partial charge in [0, 0.05) is 11.9 Å². The Balaban J connectivity index is 1.80. The first-order valence-electron chi connectivity index (χ1n) is 8.27. The lowest BCUT2D eigenvalue weighted by atomic mass is 9.99. The van der Waals surface area contributed by atoms with E-state index in [0.717, 1.165) is 29.0 Å². The molecule has 0 saturated carbocycles. The third-order valence-corrected chi connectivity index (χ3v) is 5.89. The predicted octanol–water partition coefficient (Wildman–Crippen LogP) is 3.44. The SMILES string of the molecule is COc1ccc(C(CO)N(C)C(=O)c2cc3c(s2)CCCC3)cc1. The zero-order valence-corrected chi connectivity index (χ0v) is 14.9. The van der Waals surface area contributed by atoms with E-state index in [2.05, 4.69) is 0 Å². The van der Waals surface area contributed by atoms with Gasteiger partial charge in [-0.2, -0.15) is 0 Å². The molecule has 1 aromatic heterocycles. The van der Waals surface area contributed by atoms with Crippen LogP contribution in [0.25, 0.3) is 0 Å². The summed E-state index contributed by atoms with van der Waals surface area (Å²) in [5.74, 6) is 0.736. The number of rotatable bonds is 5. The molecule has 0 fully saturated rings. The van der Waals surface area contributed by atoms with Crippen molar-refractivity contribution >= 4 is 17.2 Å². The van der Waals surface area contributed by atoms with Gasteiger partial charge in [0.25, 0.3) is 5.91 Å². The molecule has 0 radical (unpaired) electrons. The molecule has 5 heteroatoms. The Morgan fingerprint density at radius 2 is 2.00 bits per heavy atom. The van der Waals surface area contributed by atoms with Crippen LogP contribution >= 0.6 is 11.3 Å². The molecule has 0 spiro atoms. The number of benzene rings is 1. The number of amides is 1. The van der Waals surface area contributed by atoms with E-state index in [0.29, 0.717) is 0 Å². The van der Waals surface area contributed by atoms with Crippen molar-refractivity contribution in [2.24, 2.45) is 0 Å². The third-order valence-electron chi connectivity index (χ3n) is 4.67. The number of aryl methyl sites for hydroxylation is 2. The van der Waals surface area contributed by atoms with Crippen LogP contribution in [0.3, 0.4) is 0 Å². The molecule has 24 heavy (non-hydrogen) atoms. The monoisotopic (exact) mass is 345 g/mol. The van der Waals surface area contributed by atoms with E-state index in [1.54, 1.807) is 30.4 Å². The van der Waals surface area contributed by atoms with E-state index >= 15 is 0 Å². The van der Waals surface area contributed by atoms with Crippen molar-refractivity contribution in [2.75, 3.05) is 20.8 Å². The number of likely N-dealkylation sites (N-methyl/N-ethyl adjacent to an activating group) is 1. The van der Waals surface area contributed by atoms with Gasteiger partial charge in [0.15, 0.2) is 0 Å². The van der Waals surface area contributed by atoms with E-state index in [9.17, 15) is 9.90 Å². The van der Waals surface area contributed by atoms with Gasteiger partial charge >= 0.3 is 0 Å². The van der Waals surface area contributed by atoms with Crippen LogP contribution in [0.1, 0.15) is 44.6 Å². The van der Waals surface area contributed by atoms with Crippen molar-refractivity contribution < 1.29 is 14.6 Å². The number of aliphatic hydroxyl groups is 1. The maximum atomic E-state index is 12.9. The highest BCUT2D eigenvalue weighted by molar-refractivity contribution is 7.14. The molecular weight excluding hydrogens is 322 g/mol. The summed E-state index contributed by atoms with van der Waals surface area (Å²) in [7, 11) is 3.37. The van der Waals surface area contributed by atoms with Crippen molar-refractivity contribution in [3.05, 3.63) is 51.2 Å². The van der Waals surface area contributed by atoms with Crippen molar-refractivity contribution in [1.29, 1.82) is 0 Å². The minimum absolute atomic E-state index is 0.0238. The highest BCUT2D eigenvalue weighted by Crippen LogP contribution is 2.31. The average molecular weight is 345 g/mol. The Morgan fingerprint density at radius 1 is 1.29 bits per heavy atom. The van der Waals surface area contributed by atoms with Gasteiger partial charge in [-0.05, 0) is 55.0 Å². The molecule has 0 saturated heterocycles. The molecule has 1 atom stereocenters. The zero-order valence-electron chi connectivity index (χ0n) is 14.1. The fourth-order valence-corrected chi connectivity index (χ4v) is 4.43. The van der Waals surface area contributed by atoms with Crippen molar-refractivity contribution in [2.45, 2.75) is 31.7 Å². The van der Waals surface area contributed by atoms with E-state index in [1.807, 2.05) is 30.3 Å². The van der Waals surface area contributed by atoms with E-state index in [1.165, 1.54) is 23.3 Å². The molecule has 1 heterocycles. The van der Waals surface area contributed by atoms with Crippen LogP contribution in [-0.4, -0.2) is 36.7 Å². The van der Waals surface area contributed by atoms with E-state index in [4.69, 9.17) is 4.74 Å². The van der Waals surface area contributed by atoms with Crippen molar-refractivity contribution in [3.63, 3.8) is 0 Å². The van der Waals surface area contributed by atoms with Gasteiger partial charge in [0.1, 0.15) is 5.75 Å². The topological polar surface area (TPSA) is 49.8 Å². The normalized spacial score (nSPS) is 14.8.